The maximum atomic E-state index is 5.40. The molecule has 1 aromatic carbocycles. The molecule has 0 fully saturated rings. The van der Waals surface area contributed by atoms with E-state index in [4.69, 9.17) is 4.74 Å². The van der Waals surface area contributed by atoms with E-state index >= 15 is 0 Å². The van der Waals surface area contributed by atoms with Gasteiger partial charge in [0.2, 0.25) is 0 Å². The van der Waals surface area contributed by atoms with E-state index in [0.29, 0.717) is 5.90 Å². The number of ether oxygens (including phenoxy) is 1. The summed E-state index contributed by atoms with van der Waals surface area (Å²) in [5.41, 5.74) is 1.29. The molecule has 104 valence electrons. The third-order valence-electron chi connectivity index (χ3n) is 2.73. The largest absolute Gasteiger partial charge is 0.475 e. The molecule has 0 saturated carbocycles. The highest BCUT2D eigenvalue weighted by Crippen LogP contribution is 2.00. The minimum atomic E-state index is 0.672. The van der Waals surface area contributed by atoms with Crippen LogP contribution < -0.4 is 0 Å². The molecule has 0 N–H and O–H groups in total. The third kappa shape index (κ3) is 4.73. The minimum absolute atomic E-state index is 0.672. The summed E-state index contributed by atoms with van der Waals surface area (Å²) < 4.78 is 7.41. The van der Waals surface area contributed by atoms with Crippen LogP contribution in [0, 0.1) is 0 Å². The minimum Gasteiger partial charge on any atom is -0.475 e. The van der Waals surface area contributed by atoms with Gasteiger partial charge in [0.05, 0.1) is 35.3 Å². The number of likely N-dealkylation sites (N-methyl/N-ethyl adjacent to an activating group) is 1. The summed E-state index contributed by atoms with van der Waals surface area (Å²) in [6.45, 7) is 0.721. The molecule has 0 heterocycles. The van der Waals surface area contributed by atoms with Crippen molar-refractivity contribution < 1.29 is 9.31 Å². The van der Waals surface area contributed by atoms with E-state index in [9.17, 15) is 0 Å². The molecule has 0 radical (unpaired) electrons. The number of aliphatic imine (C=N–C) groups is 1. The Bertz CT molecular complexity index is 446. The standard InChI is InChI=1S/C15H24N3O/c1-17(2)15(18(3)4)14(19-5)16-12-11-13-9-7-6-8-10-13/h6-10H,11-12H2,1-5H3/q+1/b16-14-. The van der Waals surface area contributed by atoms with E-state index in [1.807, 2.05) is 55.9 Å². The second-order valence-corrected chi connectivity index (χ2v) is 4.74. The SMILES string of the molecule is CO/C(=N\CCc1ccccc1)C(N(C)C)=[N+](C)C. The summed E-state index contributed by atoms with van der Waals surface area (Å²) in [6, 6.07) is 10.4. The van der Waals surface area contributed by atoms with Crippen LogP contribution in [-0.4, -0.2) is 63.1 Å². The van der Waals surface area contributed by atoms with Gasteiger partial charge in [0, 0.05) is 6.54 Å². The van der Waals surface area contributed by atoms with Crippen LogP contribution in [-0.2, 0) is 11.2 Å². The van der Waals surface area contributed by atoms with Gasteiger partial charge in [-0.2, -0.15) is 0 Å². The summed E-state index contributed by atoms with van der Waals surface area (Å²) in [5, 5.41) is 0. The highest BCUT2D eigenvalue weighted by atomic mass is 16.5. The summed E-state index contributed by atoms with van der Waals surface area (Å²) in [4.78, 5) is 6.56. The van der Waals surface area contributed by atoms with E-state index in [1.54, 1.807) is 7.11 Å². The maximum absolute atomic E-state index is 5.40. The maximum Gasteiger partial charge on any atom is 0.334 e. The molecule has 1 aromatic rings. The van der Waals surface area contributed by atoms with Crippen molar-refractivity contribution in [1.29, 1.82) is 0 Å². The molecule has 0 spiro atoms. The Kier molecular flexibility index (Phi) is 6.06. The van der Waals surface area contributed by atoms with Crippen molar-refractivity contribution in [3.8, 4) is 0 Å². The topological polar surface area (TPSA) is 27.8 Å². The van der Waals surface area contributed by atoms with E-state index in [-0.39, 0.29) is 0 Å². The molecule has 0 unspecified atom stereocenters. The monoisotopic (exact) mass is 262 g/mol. The first-order chi connectivity index (χ1) is 9.06. The quantitative estimate of drug-likeness (QED) is 0.469. The number of amidine groups is 1. The highest BCUT2D eigenvalue weighted by Gasteiger charge is 2.20. The van der Waals surface area contributed by atoms with Crippen LogP contribution in [0.2, 0.25) is 0 Å². The molecule has 0 saturated heterocycles. The molecule has 4 heteroatoms. The van der Waals surface area contributed by atoms with Gasteiger partial charge in [-0.25, -0.2) is 4.99 Å². The molecule has 0 aliphatic heterocycles. The Morgan fingerprint density at radius 2 is 1.84 bits per heavy atom. The number of methoxy groups -OCH3 is 1. The number of benzene rings is 1. The van der Waals surface area contributed by atoms with E-state index in [1.165, 1.54) is 5.56 Å². The van der Waals surface area contributed by atoms with Crippen molar-refractivity contribution in [3.63, 3.8) is 0 Å². The zero-order valence-corrected chi connectivity index (χ0v) is 12.6. The molecule has 0 aliphatic carbocycles. The van der Waals surface area contributed by atoms with Gasteiger partial charge >= 0.3 is 11.7 Å². The van der Waals surface area contributed by atoms with Crippen molar-refractivity contribution in [2.45, 2.75) is 6.42 Å². The van der Waals surface area contributed by atoms with Crippen LogP contribution in [0.4, 0.5) is 0 Å². The Labute approximate surface area is 116 Å². The summed E-state index contributed by atoms with van der Waals surface area (Å²) in [7, 11) is 9.61. The lowest BCUT2D eigenvalue weighted by Crippen LogP contribution is -2.37. The molecular formula is C15H24N3O+. The Hall–Kier alpha value is -1.84. The van der Waals surface area contributed by atoms with Gasteiger partial charge in [-0.15, -0.1) is 0 Å². The molecule has 0 aliphatic rings. The van der Waals surface area contributed by atoms with Gasteiger partial charge in [0.1, 0.15) is 0 Å². The van der Waals surface area contributed by atoms with E-state index in [0.717, 1.165) is 18.8 Å². The Balaban J connectivity index is 2.75. The average Bonchev–Trinajstić information content (AvgIpc) is 2.37. The first-order valence-electron chi connectivity index (χ1n) is 6.40. The van der Waals surface area contributed by atoms with Crippen molar-refractivity contribution >= 4 is 11.7 Å². The Morgan fingerprint density at radius 3 is 2.32 bits per heavy atom. The lowest BCUT2D eigenvalue weighted by Gasteiger charge is -2.12. The first-order valence-corrected chi connectivity index (χ1v) is 6.40. The average molecular weight is 262 g/mol. The highest BCUT2D eigenvalue weighted by molar-refractivity contribution is 6.35. The van der Waals surface area contributed by atoms with Gasteiger partial charge < -0.3 is 4.74 Å². The van der Waals surface area contributed by atoms with Crippen LogP contribution in [0.5, 0.6) is 0 Å². The second-order valence-electron chi connectivity index (χ2n) is 4.74. The van der Waals surface area contributed by atoms with Crippen LogP contribution in [0.1, 0.15) is 5.56 Å². The van der Waals surface area contributed by atoms with E-state index < -0.39 is 0 Å². The summed E-state index contributed by atoms with van der Waals surface area (Å²) in [6.07, 6.45) is 0.918. The normalized spacial score (nSPS) is 11.1. The van der Waals surface area contributed by atoms with Gasteiger partial charge in [-0.3, -0.25) is 9.48 Å². The van der Waals surface area contributed by atoms with Gasteiger partial charge in [-0.05, 0) is 12.0 Å². The second kappa shape index (κ2) is 7.56. The van der Waals surface area contributed by atoms with Crippen molar-refractivity contribution in [2.75, 3.05) is 41.8 Å². The van der Waals surface area contributed by atoms with Crippen LogP contribution in [0.15, 0.2) is 35.3 Å². The summed E-state index contributed by atoms with van der Waals surface area (Å²) in [5.74, 6) is 1.64. The molecule has 0 atom stereocenters. The smallest absolute Gasteiger partial charge is 0.334 e. The predicted molar refractivity (Wildman–Crippen MR) is 80.3 cm³/mol. The zero-order valence-electron chi connectivity index (χ0n) is 12.6. The Morgan fingerprint density at radius 1 is 1.21 bits per heavy atom. The predicted octanol–water partition coefficient (Wildman–Crippen LogP) is 1.51. The third-order valence-corrected chi connectivity index (χ3v) is 2.73. The van der Waals surface area contributed by atoms with E-state index in [2.05, 4.69) is 17.1 Å². The fourth-order valence-electron chi connectivity index (χ4n) is 1.94. The fraction of sp³-hybridized carbons (Fsp3) is 0.467. The lowest BCUT2D eigenvalue weighted by molar-refractivity contribution is -0.468. The number of rotatable bonds is 3. The first kappa shape index (κ1) is 15.2. The number of hydrogen-bond donors (Lipinski definition) is 0. The van der Waals surface area contributed by atoms with Crippen molar-refractivity contribution in [1.82, 2.24) is 4.90 Å². The van der Waals surface area contributed by atoms with Crippen molar-refractivity contribution in [2.24, 2.45) is 4.99 Å². The van der Waals surface area contributed by atoms with Gasteiger partial charge in [0.25, 0.3) is 0 Å². The molecule has 19 heavy (non-hydrogen) atoms. The molecule has 4 nitrogen and oxygen atoms in total. The molecule has 0 aromatic heterocycles. The molecular weight excluding hydrogens is 238 g/mol. The number of hydrogen-bond acceptors (Lipinski definition) is 2. The zero-order chi connectivity index (χ0) is 14.3. The van der Waals surface area contributed by atoms with Crippen molar-refractivity contribution in [3.05, 3.63) is 35.9 Å². The number of nitrogens with zero attached hydrogens (tertiary/aromatic N) is 3. The van der Waals surface area contributed by atoms with Gasteiger partial charge in [0.15, 0.2) is 0 Å². The molecule has 0 bridgehead atoms. The van der Waals surface area contributed by atoms with Crippen LogP contribution in [0.3, 0.4) is 0 Å². The summed E-state index contributed by atoms with van der Waals surface area (Å²) >= 11 is 0. The van der Waals surface area contributed by atoms with Crippen LogP contribution >= 0.6 is 0 Å². The van der Waals surface area contributed by atoms with Crippen LogP contribution in [0.25, 0.3) is 0 Å². The van der Waals surface area contributed by atoms with Gasteiger partial charge in [-0.1, -0.05) is 30.3 Å². The fourth-order valence-corrected chi connectivity index (χ4v) is 1.94. The lowest BCUT2D eigenvalue weighted by atomic mass is 10.2. The molecule has 0 amide bonds. The molecule has 1 rings (SSSR count).